The Hall–Kier alpha value is -1.37. The van der Waals surface area contributed by atoms with Gasteiger partial charge in [0.25, 0.3) is 10.1 Å². The summed E-state index contributed by atoms with van der Waals surface area (Å²) in [4.78, 5) is 10.6. The lowest BCUT2D eigenvalue weighted by Crippen LogP contribution is -2.10. The number of nitrogens with two attached hydrogens (primary N) is 1. The fourth-order valence-electron chi connectivity index (χ4n) is 1.21. The minimum atomic E-state index is -4.54. The van der Waals surface area contributed by atoms with Crippen LogP contribution in [0.15, 0.2) is 21.9 Å². The second-order valence-corrected chi connectivity index (χ2v) is 5.40. The van der Waals surface area contributed by atoms with Gasteiger partial charge in [0, 0.05) is 6.92 Å². The lowest BCUT2D eigenvalue weighted by atomic mass is 10.3. The van der Waals surface area contributed by atoms with Gasteiger partial charge in [-0.05, 0) is 12.1 Å². The standard InChI is InChI=1S/C8H10N2O7S2/c1-4(11)10-6-3-8(19(13,14)15)5(9)2-7(6)18-17-16-12/h2-3,12H,9H2,1H3,(H,10,11)(H,13,14,15). The van der Waals surface area contributed by atoms with Crippen LogP contribution in [0.4, 0.5) is 11.4 Å². The zero-order valence-corrected chi connectivity index (χ0v) is 11.1. The molecule has 0 radical (unpaired) electrons. The van der Waals surface area contributed by atoms with Crippen LogP contribution in [-0.4, -0.2) is 24.1 Å². The minimum absolute atomic E-state index is 0.0105. The predicted octanol–water partition coefficient (Wildman–Crippen LogP) is 0.902. The van der Waals surface area contributed by atoms with Crippen molar-refractivity contribution in [1.82, 2.24) is 0 Å². The fraction of sp³-hybridized carbons (Fsp3) is 0.125. The van der Waals surface area contributed by atoms with E-state index >= 15 is 0 Å². The average Bonchev–Trinajstić information content (AvgIpc) is 2.26. The molecule has 1 amide bonds. The molecular weight excluding hydrogens is 300 g/mol. The van der Waals surface area contributed by atoms with Crippen LogP contribution in [0.1, 0.15) is 6.92 Å². The molecule has 5 N–H and O–H groups in total. The van der Waals surface area contributed by atoms with Crippen LogP contribution < -0.4 is 11.1 Å². The number of hydrogen-bond acceptors (Lipinski definition) is 8. The van der Waals surface area contributed by atoms with Gasteiger partial charge in [0.1, 0.15) is 4.90 Å². The molecule has 0 fully saturated rings. The highest BCUT2D eigenvalue weighted by Crippen LogP contribution is 2.34. The van der Waals surface area contributed by atoms with Gasteiger partial charge in [-0.2, -0.15) is 8.42 Å². The molecule has 0 spiro atoms. The molecule has 0 aliphatic heterocycles. The summed E-state index contributed by atoms with van der Waals surface area (Å²) in [5.74, 6) is -0.488. The van der Waals surface area contributed by atoms with E-state index in [1.54, 1.807) is 0 Å². The summed E-state index contributed by atoms with van der Waals surface area (Å²) < 4.78 is 35.3. The highest BCUT2D eigenvalue weighted by atomic mass is 32.2. The first-order valence-corrected chi connectivity index (χ1v) is 6.77. The summed E-state index contributed by atoms with van der Waals surface area (Å²) in [5.41, 5.74) is 5.20. The molecule has 0 heterocycles. The second-order valence-electron chi connectivity index (χ2n) is 3.27. The molecule has 19 heavy (non-hydrogen) atoms. The third kappa shape index (κ3) is 4.34. The Morgan fingerprint density at radius 2 is 2.11 bits per heavy atom. The largest absolute Gasteiger partial charge is 0.398 e. The molecule has 0 saturated carbocycles. The highest BCUT2D eigenvalue weighted by molar-refractivity contribution is 7.94. The monoisotopic (exact) mass is 310 g/mol. The second kappa shape index (κ2) is 6.18. The van der Waals surface area contributed by atoms with Gasteiger partial charge in [0.2, 0.25) is 5.91 Å². The normalized spacial score (nSPS) is 11.3. The zero-order chi connectivity index (χ0) is 14.6. The Bertz CT molecular complexity index is 587. The Balaban J connectivity index is 3.32. The number of hydrogen-bond donors (Lipinski definition) is 4. The van der Waals surface area contributed by atoms with E-state index in [0.717, 1.165) is 12.1 Å². The van der Waals surface area contributed by atoms with Gasteiger partial charge >= 0.3 is 0 Å². The Labute approximate surface area is 112 Å². The molecule has 1 rings (SSSR count). The summed E-state index contributed by atoms with van der Waals surface area (Å²) in [6, 6.07) is 2.08. The number of nitrogen functional groups attached to an aromatic ring is 1. The number of carbonyl (C=O) groups is 1. The first kappa shape index (κ1) is 15.7. The summed E-state index contributed by atoms with van der Waals surface area (Å²) in [6.45, 7) is 1.20. The molecule has 0 unspecified atom stereocenters. The fourth-order valence-corrected chi connectivity index (χ4v) is 2.31. The third-order valence-electron chi connectivity index (χ3n) is 1.85. The van der Waals surface area contributed by atoms with Crippen molar-refractivity contribution in [1.29, 1.82) is 0 Å². The molecular formula is C8H10N2O7S2. The van der Waals surface area contributed by atoms with E-state index in [2.05, 4.69) is 14.7 Å². The zero-order valence-electron chi connectivity index (χ0n) is 9.48. The van der Waals surface area contributed by atoms with E-state index in [1.165, 1.54) is 6.92 Å². The molecule has 1 aromatic rings. The van der Waals surface area contributed by atoms with Gasteiger partial charge < -0.3 is 11.1 Å². The van der Waals surface area contributed by atoms with Crippen molar-refractivity contribution in [2.45, 2.75) is 16.7 Å². The maximum atomic E-state index is 11.1. The van der Waals surface area contributed by atoms with E-state index in [9.17, 15) is 13.2 Å². The van der Waals surface area contributed by atoms with Crippen molar-refractivity contribution in [2.75, 3.05) is 11.1 Å². The molecule has 0 aliphatic rings. The van der Waals surface area contributed by atoms with Crippen molar-refractivity contribution in [2.24, 2.45) is 0 Å². The highest BCUT2D eigenvalue weighted by Gasteiger charge is 2.19. The van der Waals surface area contributed by atoms with Gasteiger partial charge in [-0.3, -0.25) is 9.35 Å². The molecule has 0 saturated heterocycles. The van der Waals surface area contributed by atoms with Gasteiger partial charge in [0.05, 0.1) is 28.3 Å². The molecule has 0 bridgehead atoms. The summed E-state index contributed by atoms with van der Waals surface area (Å²) in [5, 5.41) is 13.8. The van der Waals surface area contributed by atoms with Crippen LogP contribution in [0.25, 0.3) is 0 Å². The number of nitrogens with one attached hydrogen (secondary N) is 1. The first-order chi connectivity index (χ1) is 8.75. The van der Waals surface area contributed by atoms with Gasteiger partial charge in [-0.15, -0.1) is 4.33 Å². The van der Waals surface area contributed by atoms with Crippen molar-refractivity contribution in [3.63, 3.8) is 0 Å². The maximum absolute atomic E-state index is 11.1. The summed E-state index contributed by atoms with van der Waals surface area (Å²) in [7, 11) is -4.54. The first-order valence-electron chi connectivity index (χ1n) is 4.59. The number of anilines is 2. The van der Waals surface area contributed by atoms with Crippen LogP contribution in [0.5, 0.6) is 0 Å². The van der Waals surface area contributed by atoms with Crippen LogP contribution >= 0.6 is 12.0 Å². The lowest BCUT2D eigenvalue weighted by molar-refractivity contribution is -0.432. The SMILES string of the molecule is CC(=O)Nc1cc(S(=O)(=O)O)c(N)cc1SOOO. The van der Waals surface area contributed by atoms with E-state index in [0.29, 0.717) is 12.0 Å². The van der Waals surface area contributed by atoms with Crippen molar-refractivity contribution in [3.8, 4) is 0 Å². The van der Waals surface area contributed by atoms with Crippen LogP contribution in [-0.2, 0) is 24.3 Å². The lowest BCUT2D eigenvalue weighted by Gasteiger charge is -2.11. The molecule has 11 heteroatoms. The van der Waals surface area contributed by atoms with Gasteiger partial charge in [0.15, 0.2) is 0 Å². The molecule has 106 valence electrons. The van der Waals surface area contributed by atoms with E-state index in [4.69, 9.17) is 15.5 Å². The maximum Gasteiger partial charge on any atom is 0.296 e. The molecule has 0 aliphatic carbocycles. The third-order valence-corrected chi connectivity index (χ3v) is 3.41. The van der Waals surface area contributed by atoms with Gasteiger partial charge in [-0.25, -0.2) is 5.26 Å². The Morgan fingerprint density at radius 1 is 1.47 bits per heavy atom. The van der Waals surface area contributed by atoms with Crippen molar-refractivity contribution >= 4 is 39.4 Å². The van der Waals surface area contributed by atoms with E-state index in [-0.39, 0.29) is 16.3 Å². The number of amides is 1. The average molecular weight is 310 g/mol. The number of benzene rings is 1. The summed E-state index contributed by atoms with van der Waals surface area (Å²) >= 11 is 0.479. The number of carbonyl (C=O) groups excluding carboxylic acids is 1. The van der Waals surface area contributed by atoms with Crippen LogP contribution in [0, 0.1) is 0 Å². The van der Waals surface area contributed by atoms with Gasteiger partial charge in [-0.1, -0.05) is 5.04 Å². The number of rotatable bonds is 5. The van der Waals surface area contributed by atoms with Crippen LogP contribution in [0.3, 0.4) is 0 Å². The van der Waals surface area contributed by atoms with Crippen LogP contribution in [0.2, 0.25) is 0 Å². The predicted molar refractivity (Wildman–Crippen MR) is 65.6 cm³/mol. The quantitative estimate of drug-likeness (QED) is 0.204. The molecule has 1 aromatic carbocycles. The van der Waals surface area contributed by atoms with Crippen molar-refractivity contribution in [3.05, 3.63) is 12.1 Å². The topological polar surface area (TPSA) is 148 Å². The molecule has 9 nitrogen and oxygen atoms in total. The Morgan fingerprint density at radius 3 is 2.58 bits per heavy atom. The van der Waals surface area contributed by atoms with E-state index < -0.39 is 20.9 Å². The molecule has 0 aromatic heterocycles. The smallest absolute Gasteiger partial charge is 0.296 e. The Kier molecular flexibility index (Phi) is 5.11. The molecule has 0 atom stereocenters. The van der Waals surface area contributed by atoms with E-state index in [1.807, 2.05) is 0 Å². The van der Waals surface area contributed by atoms with Crippen molar-refractivity contribution < 1.29 is 32.4 Å². The minimum Gasteiger partial charge on any atom is -0.398 e. The summed E-state index contributed by atoms with van der Waals surface area (Å²) in [6.07, 6.45) is 0.